The maximum Gasteiger partial charge on any atom is 0.407 e. The number of hydrogen-bond donors (Lipinski definition) is 2. The maximum absolute atomic E-state index is 12.7. The molecule has 2 amide bonds. The third kappa shape index (κ3) is 4.37. The van der Waals surface area contributed by atoms with Crippen molar-refractivity contribution in [2.24, 2.45) is 0 Å². The van der Waals surface area contributed by atoms with Gasteiger partial charge in [-0.25, -0.2) is 4.79 Å². The Morgan fingerprint density at radius 3 is 2.91 bits per heavy atom. The molecule has 1 aromatic rings. The van der Waals surface area contributed by atoms with Crippen molar-refractivity contribution in [3.8, 4) is 5.75 Å². The predicted molar refractivity (Wildman–Crippen MR) is 89.6 cm³/mol. The van der Waals surface area contributed by atoms with Crippen molar-refractivity contribution in [2.75, 3.05) is 19.7 Å². The number of amides is 2. The van der Waals surface area contributed by atoms with Crippen LogP contribution in [0.25, 0.3) is 0 Å². The standard InChI is InChI=1S/C16H21BrN2O4/c1-3-23-16(22)18-11-5-4-6-19(9-11)15(21)12-7-10(2)8-13(17)14(12)20/h7-8,11,20H,3-6,9H2,1-2H3,(H,18,22). The van der Waals surface area contributed by atoms with E-state index in [1.807, 2.05) is 6.92 Å². The van der Waals surface area contributed by atoms with Crippen molar-refractivity contribution in [3.05, 3.63) is 27.7 Å². The normalized spacial score (nSPS) is 17.7. The lowest BCUT2D eigenvalue weighted by Crippen LogP contribution is -2.49. The van der Waals surface area contributed by atoms with Gasteiger partial charge in [0, 0.05) is 19.1 Å². The Morgan fingerprint density at radius 2 is 2.22 bits per heavy atom. The van der Waals surface area contributed by atoms with E-state index < -0.39 is 6.09 Å². The summed E-state index contributed by atoms with van der Waals surface area (Å²) in [5.74, 6) is -0.289. The minimum Gasteiger partial charge on any atom is -0.506 e. The molecule has 0 aromatic heterocycles. The van der Waals surface area contributed by atoms with Crippen LogP contribution in [0.2, 0.25) is 0 Å². The molecule has 0 bridgehead atoms. The Bertz CT molecular complexity index is 606. The molecule has 0 radical (unpaired) electrons. The highest BCUT2D eigenvalue weighted by Crippen LogP contribution is 2.30. The minimum absolute atomic E-state index is 0.0546. The third-order valence-electron chi connectivity index (χ3n) is 3.74. The highest BCUT2D eigenvalue weighted by Gasteiger charge is 2.27. The molecule has 2 rings (SSSR count). The van der Waals surface area contributed by atoms with Crippen LogP contribution in [-0.2, 0) is 4.74 Å². The summed E-state index contributed by atoms with van der Waals surface area (Å²) >= 11 is 3.26. The van der Waals surface area contributed by atoms with Crippen molar-refractivity contribution >= 4 is 27.9 Å². The van der Waals surface area contributed by atoms with Crippen molar-refractivity contribution in [1.29, 1.82) is 0 Å². The first kappa shape index (κ1) is 17.6. The first-order valence-corrected chi connectivity index (χ1v) is 8.43. The summed E-state index contributed by atoms with van der Waals surface area (Å²) < 4.78 is 5.37. The molecular weight excluding hydrogens is 364 g/mol. The first-order chi connectivity index (χ1) is 10.9. The monoisotopic (exact) mass is 384 g/mol. The Hall–Kier alpha value is -1.76. The molecule has 126 valence electrons. The lowest BCUT2D eigenvalue weighted by molar-refractivity contribution is 0.0683. The van der Waals surface area contributed by atoms with Crippen molar-refractivity contribution in [2.45, 2.75) is 32.7 Å². The molecule has 1 heterocycles. The van der Waals surface area contributed by atoms with Crippen LogP contribution in [0.3, 0.4) is 0 Å². The number of hydrogen-bond acceptors (Lipinski definition) is 4. The van der Waals surface area contributed by atoms with Gasteiger partial charge >= 0.3 is 6.09 Å². The number of phenols is 1. The van der Waals surface area contributed by atoms with Gasteiger partial charge < -0.3 is 20.1 Å². The van der Waals surface area contributed by atoms with Crippen molar-refractivity contribution in [1.82, 2.24) is 10.2 Å². The average Bonchev–Trinajstić information content (AvgIpc) is 2.50. The van der Waals surface area contributed by atoms with Crippen LogP contribution in [0.15, 0.2) is 16.6 Å². The summed E-state index contributed by atoms with van der Waals surface area (Å²) in [6, 6.07) is 3.29. The molecule has 1 fully saturated rings. The number of likely N-dealkylation sites (tertiary alicyclic amines) is 1. The number of ether oxygens (including phenoxy) is 1. The van der Waals surface area contributed by atoms with Gasteiger partial charge in [-0.3, -0.25) is 4.79 Å². The van der Waals surface area contributed by atoms with Crippen molar-refractivity contribution in [3.63, 3.8) is 0 Å². The van der Waals surface area contributed by atoms with Gasteiger partial charge in [0.25, 0.3) is 5.91 Å². The van der Waals surface area contributed by atoms with Gasteiger partial charge in [0.2, 0.25) is 0 Å². The number of carbonyl (C=O) groups excluding carboxylic acids is 2. The van der Waals surface area contributed by atoms with E-state index in [2.05, 4.69) is 21.2 Å². The van der Waals surface area contributed by atoms with Crippen LogP contribution >= 0.6 is 15.9 Å². The van der Waals surface area contributed by atoms with Crippen LogP contribution in [0.1, 0.15) is 35.7 Å². The smallest absolute Gasteiger partial charge is 0.407 e. The lowest BCUT2D eigenvalue weighted by Gasteiger charge is -2.33. The van der Waals surface area contributed by atoms with Gasteiger partial charge in [-0.05, 0) is 60.3 Å². The minimum atomic E-state index is -0.465. The van der Waals surface area contributed by atoms with Crippen molar-refractivity contribution < 1.29 is 19.4 Å². The van der Waals surface area contributed by atoms with E-state index >= 15 is 0 Å². The number of halogens is 1. The summed E-state index contributed by atoms with van der Waals surface area (Å²) in [5.41, 5.74) is 1.16. The fourth-order valence-electron chi connectivity index (χ4n) is 2.69. The summed E-state index contributed by atoms with van der Waals surface area (Å²) in [5, 5.41) is 12.9. The van der Waals surface area contributed by atoms with E-state index in [1.54, 1.807) is 24.0 Å². The Balaban J connectivity index is 2.09. The number of benzene rings is 1. The molecule has 0 aliphatic carbocycles. The Morgan fingerprint density at radius 1 is 1.48 bits per heavy atom. The molecule has 1 aliphatic heterocycles. The molecular formula is C16H21BrN2O4. The molecule has 1 atom stereocenters. The fraction of sp³-hybridized carbons (Fsp3) is 0.500. The van der Waals surface area contributed by atoms with E-state index in [0.29, 0.717) is 24.2 Å². The molecule has 23 heavy (non-hydrogen) atoms. The van der Waals surface area contributed by atoms with Gasteiger partial charge in [0.1, 0.15) is 5.75 Å². The second kappa shape index (κ2) is 7.68. The second-order valence-electron chi connectivity index (χ2n) is 5.60. The average molecular weight is 385 g/mol. The number of rotatable bonds is 3. The van der Waals surface area contributed by atoms with Crippen LogP contribution < -0.4 is 5.32 Å². The zero-order valence-electron chi connectivity index (χ0n) is 13.3. The van der Waals surface area contributed by atoms with Crippen LogP contribution in [0.4, 0.5) is 4.79 Å². The molecule has 1 saturated heterocycles. The highest BCUT2D eigenvalue weighted by atomic mass is 79.9. The summed E-state index contributed by atoms with van der Waals surface area (Å²) in [7, 11) is 0. The number of carbonyl (C=O) groups is 2. The van der Waals surface area contributed by atoms with E-state index in [1.165, 1.54) is 0 Å². The zero-order chi connectivity index (χ0) is 17.0. The zero-order valence-corrected chi connectivity index (χ0v) is 14.9. The summed E-state index contributed by atoms with van der Waals surface area (Å²) in [6.07, 6.45) is 1.12. The summed E-state index contributed by atoms with van der Waals surface area (Å²) in [6.45, 7) is 4.93. The topological polar surface area (TPSA) is 78.9 Å². The number of aryl methyl sites for hydroxylation is 1. The molecule has 6 nitrogen and oxygen atoms in total. The first-order valence-electron chi connectivity index (χ1n) is 7.64. The van der Waals surface area contributed by atoms with E-state index in [-0.39, 0.29) is 23.3 Å². The molecule has 1 aliphatic rings. The molecule has 1 aromatic carbocycles. The van der Waals surface area contributed by atoms with Gasteiger partial charge in [0.15, 0.2) is 0 Å². The Kier molecular flexibility index (Phi) is 5.87. The lowest BCUT2D eigenvalue weighted by atomic mass is 10.0. The largest absolute Gasteiger partial charge is 0.506 e. The Labute approximate surface area is 143 Å². The number of alkyl carbamates (subject to hydrolysis) is 1. The molecule has 0 spiro atoms. The van der Waals surface area contributed by atoms with Gasteiger partial charge in [-0.15, -0.1) is 0 Å². The van der Waals surface area contributed by atoms with Gasteiger partial charge in [0.05, 0.1) is 16.6 Å². The summed E-state index contributed by atoms with van der Waals surface area (Å²) in [4.78, 5) is 25.9. The third-order valence-corrected chi connectivity index (χ3v) is 4.35. The van der Waals surface area contributed by atoms with Crippen LogP contribution in [-0.4, -0.2) is 47.7 Å². The molecule has 7 heteroatoms. The van der Waals surface area contributed by atoms with E-state index in [0.717, 1.165) is 18.4 Å². The number of aromatic hydroxyl groups is 1. The SMILES string of the molecule is CCOC(=O)NC1CCCN(C(=O)c2cc(C)cc(Br)c2O)C1. The molecule has 0 saturated carbocycles. The van der Waals surface area contributed by atoms with Gasteiger partial charge in [-0.1, -0.05) is 0 Å². The van der Waals surface area contributed by atoms with Gasteiger partial charge in [-0.2, -0.15) is 0 Å². The van der Waals surface area contributed by atoms with E-state index in [9.17, 15) is 14.7 Å². The molecule has 1 unspecified atom stereocenters. The van der Waals surface area contributed by atoms with Crippen LogP contribution in [0.5, 0.6) is 5.75 Å². The van der Waals surface area contributed by atoms with Crippen LogP contribution in [0, 0.1) is 6.92 Å². The molecule has 2 N–H and O–H groups in total. The predicted octanol–water partition coefficient (Wildman–Crippen LogP) is 2.81. The quantitative estimate of drug-likeness (QED) is 0.839. The number of piperidine rings is 1. The fourth-order valence-corrected chi connectivity index (χ4v) is 3.26. The number of nitrogens with zero attached hydrogens (tertiary/aromatic N) is 1. The second-order valence-corrected chi connectivity index (χ2v) is 6.45. The number of phenolic OH excluding ortho intramolecular Hbond substituents is 1. The van der Waals surface area contributed by atoms with E-state index in [4.69, 9.17) is 4.74 Å². The maximum atomic E-state index is 12.7. The number of nitrogens with one attached hydrogen (secondary N) is 1. The highest BCUT2D eigenvalue weighted by molar-refractivity contribution is 9.10.